The number of nitrogens with one attached hydrogen (secondary N) is 1. The van der Waals surface area contributed by atoms with Crippen LogP contribution in [0.25, 0.3) is 0 Å². The quantitative estimate of drug-likeness (QED) is 0.793. The van der Waals surface area contributed by atoms with Crippen molar-refractivity contribution in [3.05, 3.63) is 29.6 Å². The van der Waals surface area contributed by atoms with Gasteiger partial charge in [0.05, 0.1) is 11.8 Å². The van der Waals surface area contributed by atoms with E-state index in [1.54, 1.807) is 6.07 Å². The Morgan fingerprint density at radius 2 is 2.24 bits per heavy atom. The van der Waals surface area contributed by atoms with Gasteiger partial charge in [-0.05, 0) is 43.9 Å². The third kappa shape index (κ3) is 4.22. The van der Waals surface area contributed by atoms with Crippen molar-refractivity contribution >= 4 is 28.8 Å². The van der Waals surface area contributed by atoms with Crippen molar-refractivity contribution in [2.45, 2.75) is 32.3 Å². The summed E-state index contributed by atoms with van der Waals surface area (Å²) in [6, 6.07) is 4.30. The Bertz CT molecular complexity index is 544. The fourth-order valence-electron chi connectivity index (χ4n) is 2.45. The summed E-state index contributed by atoms with van der Waals surface area (Å²) >= 11 is 4.78. The van der Waals surface area contributed by atoms with Crippen molar-refractivity contribution in [3.8, 4) is 0 Å². The summed E-state index contributed by atoms with van der Waals surface area (Å²) in [4.78, 5) is 12.0. The van der Waals surface area contributed by atoms with Crippen LogP contribution in [0.3, 0.4) is 0 Å². The first kappa shape index (κ1) is 15.9. The molecule has 1 aromatic carbocycles. The highest BCUT2D eigenvalue weighted by Gasteiger charge is 2.31. The molecule has 1 aromatic rings. The van der Waals surface area contributed by atoms with Crippen molar-refractivity contribution in [1.29, 1.82) is 0 Å². The number of nitrogens with two attached hydrogens (primary N) is 1. The van der Waals surface area contributed by atoms with Gasteiger partial charge in [0, 0.05) is 18.6 Å². The predicted octanol–water partition coefficient (Wildman–Crippen LogP) is 2.60. The second-order valence-corrected chi connectivity index (χ2v) is 5.67. The molecule has 3 N–H and O–H groups in total. The van der Waals surface area contributed by atoms with E-state index in [2.05, 4.69) is 5.32 Å². The number of benzene rings is 1. The lowest BCUT2D eigenvalue weighted by Gasteiger charge is -2.34. The van der Waals surface area contributed by atoms with Gasteiger partial charge < -0.3 is 15.8 Å². The van der Waals surface area contributed by atoms with Crippen molar-refractivity contribution in [1.82, 2.24) is 0 Å². The van der Waals surface area contributed by atoms with Gasteiger partial charge in [-0.3, -0.25) is 4.79 Å². The Morgan fingerprint density at radius 1 is 1.52 bits per heavy atom. The zero-order valence-corrected chi connectivity index (χ0v) is 12.7. The fraction of sp³-hybridized carbons (Fsp3) is 0.467. The Hall–Kier alpha value is -1.53. The predicted molar refractivity (Wildman–Crippen MR) is 83.7 cm³/mol. The zero-order valence-electron chi connectivity index (χ0n) is 11.9. The highest BCUT2D eigenvalue weighted by Crippen LogP contribution is 2.33. The molecule has 0 aromatic heterocycles. The average molecular weight is 310 g/mol. The molecule has 0 saturated heterocycles. The van der Waals surface area contributed by atoms with E-state index >= 15 is 0 Å². The number of thiocarbonyl (C=S) groups is 1. The lowest BCUT2D eigenvalue weighted by atomic mass is 9.80. The lowest BCUT2D eigenvalue weighted by molar-refractivity contribution is -0.119. The van der Waals surface area contributed by atoms with Crippen LogP contribution in [-0.2, 0) is 9.53 Å². The number of carbonyl (C=O) groups excluding carboxylic acids is 1. The van der Waals surface area contributed by atoms with Crippen LogP contribution in [0.15, 0.2) is 18.2 Å². The molecule has 0 bridgehead atoms. The van der Waals surface area contributed by atoms with Gasteiger partial charge in [-0.15, -0.1) is 0 Å². The van der Waals surface area contributed by atoms with E-state index < -0.39 is 5.82 Å². The van der Waals surface area contributed by atoms with Gasteiger partial charge in [0.25, 0.3) is 0 Å². The molecule has 4 nitrogen and oxygen atoms in total. The largest absolute Gasteiger partial charge is 0.389 e. The van der Waals surface area contributed by atoms with E-state index in [9.17, 15) is 9.18 Å². The van der Waals surface area contributed by atoms with Gasteiger partial charge in [0.1, 0.15) is 10.8 Å². The SMILES string of the molecule is CCOC1CC(CC(=O)Nc2ccc(C(N)=S)cc2F)C1. The Kier molecular flexibility index (Phi) is 5.25. The van der Waals surface area contributed by atoms with E-state index in [1.807, 2.05) is 6.92 Å². The smallest absolute Gasteiger partial charge is 0.224 e. The molecule has 1 fully saturated rings. The standard InChI is InChI=1S/C15H19FN2O2S/c1-2-20-11-5-9(6-11)7-14(19)18-13-4-3-10(15(17)21)8-12(13)16/h3-4,8-9,11H,2,5-7H2,1H3,(H2,17,21)(H,18,19). The van der Waals surface area contributed by atoms with Gasteiger partial charge in [-0.2, -0.15) is 0 Å². The molecule has 2 rings (SSSR count). The minimum Gasteiger partial charge on any atom is -0.389 e. The van der Waals surface area contributed by atoms with Gasteiger partial charge >= 0.3 is 0 Å². The first-order valence-corrected chi connectivity index (χ1v) is 7.41. The molecule has 0 spiro atoms. The van der Waals surface area contributed by atoms with Gasteiger partial charge in [0.2, 0.25) is 5.91 Å². The number of hydrogen-bond acceptors (Lipinski definition) is 3. The average Bonchev–Trinajstić information content (AvgIpc) is 2.38. The summed E-state index contributed by atoms with van der Waals surface area (Å²) < 4.78 is 19.3. The maximum absolute atomic E-state index is 13.8. The van der Waals surface area contributed by atoms with Gasteiger partial charge in [0.15, 0.2) is 0 Å². The molecular formula is C15H19FN2O2S. The maximum Gasteiger partial charge on any atom is 0.224 e. The monoisotopic (exact) mass is 310 g/mol. The fourth-order valence-corrected chi connectivity index (χ4v) is 2.57. The van der Waals surface area contributed by atoms with Gasteiger partial charge in [-0.25, -0.2) is 4.39 Å². The molecule has 6 heteroatoms. The van der Waals surface area contributed by atoms with E-state index in [0.717, 1.165) is 12.8 Å². The van der Waals surface area contributed by atoms with E-state index in [1.165, 1.54) is 12.1 Å². The van der Waals surface area contributed by atoms with E-state index in [-0.39, 0.29) is 22.7 Å². The van der Waals surface area contributed by atoms with Crippen LogP contribution in [-0.4, -0.2) is 23.6 Å². The topological polar surface area (TPSA) is 64.3 Å². The lowest BCUT2D eigenvalue weighted by Crippen LogP contribution is -2.34. The van der Waals surface area contributed by atoms with Crippen LogP contribution < -0.4 is 11.1 Å². The third-order valence-corrected chi connectivity index (χ3v) is 3.83. The molecule has 114 valence electrons. The van der Waals surface area contributed by atoms with Crippen LogP contribution in [0, 0.1) is 11.7 Å². The Balaban J connectivity index is 1.85. The molecule has 1 amide bonds. The summed E-state index contributed by atoms with van der Waals surface area (Å²) in [6.45, 7) is 2.66. The molecule has 21 heavy (non-hydrogen) atoms. The van der Waals surface area contributed by atoms with Crippen LogP contribution in [0.4, 0.5) is 10.1 Å². The molecule has 0 radical (unpaired) electrons. The first-order chi connectivity index (χ1) is 9.99. The molecule has 0 aliphatic heterocycles. The molecule has 0 unspecified atom stereocenters. The van der Waals surface area contributed by atoms with Crippen molar-refractivity contribution in [2.75, 3.05) is 11.9 Å². The van der Waals surface area contributed by atoms with E-state index in [0.29, 0.717) is 24.5 Å². The molecule has 1 aliphatic rings. The minimum atomic E-state index is -0.533. The van der Waals surface area contributed by atoms with Crippen LogP contribution in [0.2, 0.25) is 0 Å². The summed E-state index contributed by atoms with van der Waals surface area (Å²) in [5.41, 5.74) is 6.03. The highest BCUT2D eigenvalue weighted by molar-refractivity contribution is 7.80. The van der Waals surface area contributed by atoms with Crippen molar-refractivity contribution in [3.63, 3.8) is 0 Å². The summed E-state index contributed by atoms with van der Waals surface area (Å²) in [6.07, 6.45) is 2.45. The molecule has 0 heterocycles. The molecule has 1 aliphatic carbocycles. The summed E-state index contributed by atoms with van der Waals surface area (Å²) in [7, 11) is 0. The summed E-state index contributed by atoms with van der Waals surface area (Å²) in [5, 5.41) is 2.58. The molecular weight excluding hydrogens is 291 g/mol. The van der Waals surface area contributed by atoms with Crippen LogP contribution in [0.5, 0.6) is 0 Å². The number of ether oxygens (including phenoxy) is 1. The molecule has 0 atom stereocenters. The number of halogens is 1. The van der Waals surface area contributed by atoms with Crippen molar-refractivity contribution in [2.24, 2.45) is 11.7 Å². The second-order valence-electron chi connectivity index (χ2n) is 5.23. The number of hydrogen-bond donors (Lipinski definition) is 2. The zero-order chi connectivity index (χ0) is 15.4. The van der Waals surface area contributed by atoms with Crippen LogP contribution >= 0.6 is 12.2 Å². The third-order valence-electron chi connectivity index (χ3n) is 3.60. The number of rotatable bonds is 6. The Morgan fingerprint density at radius 3 is 2.81 bits per heavy atom. The second kappa shape index (κ2) is 6.95. The normalized spacial score (nSPS) is 20.7. The maximum atomic E-state index is 13.8. The van der Waals surface area contributed by atoms with Crippen LogP contribution in [0.1, 0.15) is 31.7 Å². The minimum absolute atomic E-state index is 0.128. The Labute approximate surface area is 128 Å². The van der Waals surface area contributed by atoms with E-state index in [4.69, 9.17) is 22.7 Å². The first-order valence-electron chi connectivity index (χ1n) is 7.00. The van der Waals surface area contributed by atoms with Crippen molar-refractivity contribution < 1.29 is 13.9 Å². The van der Waals surface area contributed by atoms with Gasteiger partial charge in [-0.1, -0.05) is 12.2 Å². The highest BCUT2D eigenvalue weighted by atomic mass is 32.1. The number of anilines is 1. The number of amides is 1. The molecule has 1 saturated carbocycles. The summed E-state index contributed by atoms with van der Waals surface area (Å²) in [5.74, 6) is -0.396. The number of carbonyl (C=O) groups is 1.